The molecule has 4 aromatic carbocycles. The first-order valence-electron chi connectivity index (χ1n) is 12.0. The molecule has 5 heteroatoms. The third-order valence-electron chi connectivity index (χ3n) is 7.96. The van der Waals surface area contributed by atoms with Gasteiger partial charge in [-0.25, -0.2) is 4.90 Å². The largest absolute Gasteiger partial charge is 0.274 e. The lowest BCUT2D eigenvalue weighted by Crippen LogP contribution is -2.51. The fraction of sp³-hybridized carbons (Fsp3) is 0.129. The van der Waals surface area contributed by atoms with Crippen LogP contribution in [0.4, 0.5) is 11.4 Å². The Morgan fingerprint density at radius 1 is 0.778 bits per heavy atom. The number of hydrogen-bond acceptors (Lipinski definition) is 3. The second-order valence-corrected chi connectivity index (χ2v) is 10.0. The molecule has 4 nitrogen and oxygen atoms in total. The Bertz CT molecular complexity index is 1560. The highest BCUT2D eigenvalue weighted by Gasteiger charge is 2.65. The first kappa shape index (κ1) is 21.3. The molecule has 1 saturated heterocycles. The predicted molar refractivity (Wildman–Crippen MR) is 141 cm³/mol. The Kier molecular flexibility index (Phi) is 4.57. The molecule has 1 heterocycles. The fourth-order valence-electron chi connectivity index (χ4n) is 6.49. The van der Waals surface area contributed by atoms with Crippen LogP contribution in [0.5, 0.6) is 0 Å². The van der Waals surface area contributed by atoms with Gasteiger partial charge in [0.1, 0.15) is 0 Å². The van der Waals surface area contributed by atoms with E-state index in [1.165, 1.54) is 4.90 Å². The summed E-state index contributed by atoms with van der Waals surface area (Å²) in [6.07, 6.45) is 1.90. The molecule has 1 fully saturated rings. The van der Waals surface area contributed by atoms with E-state index in [-0.39, 0.29) is 17.7 Å². The summed E-state index contributed by atoms with van der Waals surface area (Å²) in [5, 5.41) is 0.380. The van der Waals surface area contributed by atoms with Crippen LogP contribution in [0.3, 0.4) is 0 Å². The van der Waals surface area contributed by atoms with Crippen molar-refractivity contribution in [3.63, 3.8) is 0 Å². The monoisotopic (exact) mass is 488 g/mol. The Morgan fingerprint density at radius 2 is 1.47 bits per heavy atom. The van der Waals surface area contributed by atoms with Gasteiger partial charge in [0.25, 0.3) is 0 Å². The summed E-state index contributed by atoms with van der Waals surface area (Å²) >= 11 is 6.51. The summed E-state index contributed by atoms with van der Waals surface area (Å²) < 4.78 is 0. The molecular weight excluding hydrogens is 468 g/mol. The second kappa shape index (κ2) is 7.74. The van der Waals surface area contributed by atoms with E-state index in [1.54, 1.807) is 24.3 Å². The second-order valence-electron chi connectivity index (χ2n) is 9.62. The number of nitrogens with zero attached hydrogens (tertiary/aromatic N) is 2. The molecule has 10 rings (SSSR count). The number of carbonyl (C=O) groups excluding carboxylic acids is 2. The number of hydrogen-bond donors (Lipinski definition) is 0. The summed E-state index contributed by atoms with van der Waals surface area (Å²) in [5.74, 6) is -1.89. The standard InChI is InChI=1S/C31H21ClN2O2/c32-24-12-6-7-13-25(24)34-29(35)27-26-19-14-16-20(17-15-19)31(28(27)30(34)36,23-11-5-4-10-22(23)26)18-33-21-8-2-1-3-9-21/h1-18,26-28H/t26-,27-,28-,31-/m0/s1. The van der Waals surface area contributed by atoms with Crippen molar-refractivity contribution < 1.29 is 9.59 Å². The van der Waals surface area contributed by atoms with Gasteiger partial charge in [-0.05, 0) is 46.5 Å². The van der Waals surface area contributed by atoms with E-state index in [2.05, 4.69) is 36.4 Å². The zero-order valence-electron chi connectivity index (χ0n) is 19.2. The van der Waals surface area contributed by atoms with Gasteiger partial charge in [-0.2, -0.15) is 0 Å². The third kappa shape index (κ3) is 2.73. The van der Waals surface area contributed by atoms with Gasteiger partial charge >= 0.3 is 0 Å². The maximum atomic E-state index is 14.4. The highest BCUT2D eigenvalue weighted by molar-refractivity contribution is 6.36. The Morgan fingerprint density at radius 3 is 2.25 bits per heavy atom. The van der Waals surface area contributed by atoms with Crippen molar-refractivity contribution in [3.05, 3.63) is 130 Å². The van der Waals surface area contributed by atoms with Crippen LogP contribution in [0.25, 0.3) is 0 Å². The summed E-state index contributed by atoms with van der Waals surface area (Å²) in [6, 6.07) is 33.3. The molecule has 6 aliphatic rings. The van der Waals surface area contributed by atoms with E-state index in [9.17, 15) is 9.59 Å². The van der Waals surface area contributed by atoms with Crippen LogP contribution in [-0.2, 0) is 15.0 Å². The van der Waals surface area contributed by atoms with Crippen LogP contribution in [0.1, 0.15) is 28.2 Å². The topological polar surface area (TPSA) is 49.7 Å². The summed E-state index contributed by atoms with van der Waals surface area (Å²) in [5.41, 5.74) is 4.41. The lowest BCUT2D eigenvalue weighted by Gasteiger charge is -2.48. The van der Waals surface area contributed by atoms with Crippen molar-refractivity contribution >= 4 is 41.0 Å². The van der Waals surface area contributed by atoms with Crippen molar-refractivity contribution in [1.29, 1.82) is 0 Å². The van der Waals surface area contributed by atoms with E-state index in [1.807, 2.05) is 48.7 Å². The molecule has 0 N–H and O–H groups in total. The van der Waals surface area contributed by atoms with Crippen LogP contribution in [0.15, 0.2) is 108 Å². The van der Waals surface area contributed by atoms with E-state index >= 15 is 0 Å². The molecule has 0 radical (unpaired) electrons. The minimum Gasteiger partial charge on any atom is -0.274 e. The number of rotatable bonds is 3. The van der Waals surface area contributed by atoms with Gasteiger partial charge in [-0.3, -0.25) is 14.6 Å². The highest BCUT2D eigenvalue weighted by Crippen LogP contribution is 2.60. The number of para-hydroxylation sites is 2. The van der Waals surface area contributed by atoms with Crippen molar-refractivity contribution in [2.45, 2.75) is 11.3 Å². The van der Waals surface area contributed by atoms with E-state index in [4.69, 9.17) is 16.6 Å². The number of aliphatic imine (C=N–C) groups is 1. The number of benzene rings is 4. The van der Waals surface area contributed by atoms with Gasteiger partial charge in [-0.15, -0.1) is 0 Å². The maximum Gasteiger partial charge on any atom is 0.239 e. The molecule has 36 heavy (non-hydrogen) atoms. The normalized spacial score (nSPS) is 25.7. The number of halogens is 1. The number of anilines is 1. The lowest BCUT2D eigenvalue weighted by molar-refractivity contribution is -0.122. The highest BCUT2D eigenvalue weighted by atomic mass is 35.5. The fourth-order valence-corrected chi connectivity index (χ4v) is 6.71. The Labute approximate surface area is 213 Å². The Balaban J connectivity index is 1.53. The maximum absolute atomic E-state index is 14.4. The molecule has 5 aliphatic carbocycles. The van der Waals surface area contributed by atoms with Crippen molar-refractivity contribution in [1.82, 2.24) is 0 Å². The average molecular weight is 489 g/mol. The molecule has 0 saturated carbocycles. The SMILES string of the molecule is O=C1[C@H]2[C@H]3c4ccc(cc4)[C@@](C=Nc4ccccc4)(c4ccccc43)[C@@H]2C(=O)N1c1ccccc1Cl. The van der Waals surface area contributed by atoms with Crippen molar-refractivity contribution in [3.8, 4) is 0 Å². The van der Waals surface area contributed by atoms with Crippen LogP contribution in [0, 0.1) is 11.8 Å². The quantitative estimate of drug-likeness (QED) is 0.251. The molecule has 4 atom stereocenters. The molecule has 0 aromatic heterocycles. The third-order valence-corrected chi connectivity index (χ3v) is 8.28. The van der Waals surface area contributed by atoms with Gasteiger partial charge < -0.3 is 0 Å². The molecule has 2 amide bonds. The van der Waals surface area contributed by atoms with Gasteiger partial charge in [-0.1, -0.05) is 90.5 Å². The van der Waals surface area contributed by atoms with Gasteiger partial charge in [0.2, 0.25) is 11.8 Å². The summed E-state index contributed by atoms with van der Waals surface area (Å²) in [7, 11) is 0. The smallest absolute Gasteiger partial charge is 0.239 e. The van der Waals surface area contributed by atoms with Gasteiger partial charge in [0, 0.05) is 12.1 Å². The molecule has 174 valence electrons. The summed E-state index contributed by atoms with van der Waals surface area (Å²) in [6.45, 7) is 0. The predicted octanol–water partition coefficient (Wildman–Crippen LogP) is 6.29. The number of imide groups is 1. The molecular formula is C31H21ClN2O2. The molecule has 1 aliphatic heterocycles. The number of amides is 2. The molecule has 4 bridgehead atoms. The Hall–Kier alpha value is -4.02. The minimum atomic E-state index is -0.907. The van der Waals surface area contributed by atoms with Crippen molar-refractivity contribution in [2.24, 2.45) is 16.8 Å². The zero-order valence-corrected chi connectivity index (χ0v) is 20.0. The van der Waals surface area contributed by atoms with Crippen LogP contribution >= 0.6 is 11.6 Å². The first-order chi connectivity index (χ1) is 17.6. The minimum absolute atomic E-state index is 0.211. The zero-order chi connectivity index (χ0) is 24.4. The van der Waals surface area contributed by atoms with Crippen molar-refractivity contribution in [2.75, 3.05) is 4.90 Å². The van der Waals surface area contributed by atoms with E-state index < -0.39 is 17.3 Å². The van der Waals surface area contributed by atoms with Gasteiger partial charge in [0.15, 0.2) is 0 Å². The van der Waals surface area contributed by atoms with Crippen LogP contribution in [-0.4, -0.2) is 18.0 Å². The average Bonchev–Trinajstić information content (AvgIpc) is 3.16. The van der Waals surface area contributed by atoms with E-state index in [0.29, 0.717) is 10.7 Å². The van der Waals surface area contributed by atoms with Crippen LogP contribution in [0.2, 0.25) is 5.02 Å². The van der Waals surface area contributed by atoms with Gasteiger partial charge in [0.05, 0.1) is 33.6 Å². The molecule has 4 aromatic rings. The molecule has 0 spiro atoms. The lowest BCUT2D eigenvalue weighted by atomic mass is 9.52. The number of carbonyl (C=O) groups is 2. The molecule has 0 unspecified atom stereocenters. The summed E-state index contributed by atoms with van der Waals surface area (Å²) in [4.78, 5) is 34.8. The first-order valence-corrected chi connectivity index (χ1v) is 12.4. The van der Waals surface area contributed by atoms with Crippen LogP contribution < -0.4 is 4.90 Å². The van der Waals surface area contributed by atoms with E-state index in [0.717, 1.165) is 27.9 Å².